The van der Waals surface area contributed by atoms with Crippen molar-refractivity contribution in [3.05, 3.63) is 23.8 Å². The van der Waals surface area contributed by atoms with Crippen LogP contribution in [-0.2, 0) is 5.41 Å². The summed E-state index contributed by atoms with van der Waals surface area (Å²) in [5.41, 5.74) is 1.96. The Bertz CT molecular complexity index is 642. The van der Waals surface area contributed by atoms with Crippen LogP contribution in [0.5, 0.6) is 5.75 Å². The van der Waals surface area contributed by atoms with Crippen LogP contribution in [-0.4, -0.2) is 60.6 Å². The fourth-order valence-corrected chi connectivity index (χ4v) is 3.53. The van der Waals surface area contributed by atoms with Crippen LogP contribution in [0.4, 0.5) is 5.69 Å². The Labute approximate surface area is 171 Å². The molecule has 1 aliphatic rings. The first-order chi connectivity index (χ1) is 13.2. The number of nitrogens with zero attached hydrogens (tertiary/aromatic N) is 3. The number of rotatable bonds is 6. The molecule has 1 fully saturated rings. The van der Waals surface area contributed by atoms with Gasteiger partial charge in [-0.25, -0.2) is 4.99 Å². The quantitative estimate of drug-likeness (QED) is 0.422. The number of phenolic OH excluding ortho intramolecular Hbond substituents is 1. The summed E-state index contributed by atoms with van der Waals surface area (Å²) in [5.74, 6) is 1.16. The number of aliphatic imine (C=N–C) groups is 1. The number of benzene rings is 1. The van der Waals surface area contributed by atoms with Crippen molar-refractivity contribution in [2.45, 2.75) is 71.3 Å². The minimum absolute atomic E-state index is 0.0279. The summed E-state index contributed by atoms with van der Waals surface area (Å²) in [7, 11) is 4.19. The third kappa shape index (κ3) is 6.69. The smallest absolute Gasteiger partial charge is 0.198 e. The molecular weight excluding hydrogens is 348 g/mol. The zero-order chi connectivity index (χ0) is 20.7. The lowest BCUT2D eigenvalue weighted by molar-refractivity contribution is 0.333. The highest BCUT2D eigenvalue weighted by molar-refractivity contribution is 5.95. The Kier molecular flexibility index (Phi) is 8.17. The monoisotopic (exact) mass is 388 g/mol. The van der Waals surface area contributed by atoms with Gasteiger partial charge in [0.15, 0.2) is 5.96 Å². The van der Waals surface area contributed by atoms with E-state index in [1.807, 2.05) is 6.07 Å². The summed E-state index contributed by atoms with van der Waals surface area (Å²) < 4.78 is 0. The maximum atomic E-state index is 10.5. The van der Waals surface area contributed by atoms with Gasteiger partial charge in [-0.05, 0) is 57.0 Å². The predicted molar refractivity (Wildman–Crippen MR) is 121 cm³/mol. The lowest BCUT2D eigenvalue weighted by Crippen LogP contribution is -2.41. The summed E-state index contributed by atoms with van der Waals surface area (Å²) in [5, 5.41) is 14.0. The predicted octanol–water partition coefficient (Wildman–Crippen LogP) is 4.67. The number of anilines is 1. The van der Waals surface area contributed by atoms with Crippen LogP contribution in [0.1, 0.15) is 65.4 Å². The minimum atomic E-state index is 0.0279. The zero-order valence-corrected chi connectivity index (χ0v) is 18.8. The number of phenols is 1. The fraction of sp³-hybridized carbons (Fsp3) is 0.696. The average Bonchev–Trinajstić information content (AvgIpc) is 2.63. The number of hydrogen-bond acceptors (Lipinski definition) is 3. The highest BCUT2D eigenvalue weighted by atomic mass is 16.3. The molecule has 0 amide bonds. The van der Waals surface area contributed by atoms with Crippen LogP contribution in [0.15, 0.2) is 23.2 Å². The van der Waals surface area contributed by atoms with Crippen molar-refractivity contribution >= 4 is 11.6 Å². The van der Waals surface area contributed by atoms with Crippen molar-refractivity contribution in [3.8, 4) is 5.75 Å². The number of guanidine groups is 1. The molecule has 0 radical (unpaired) electrons. The molecule has 0 unspecified atom stereocenters. The Hall–Kier alpha value is -1.75. The summed E-state index contributed by atoms with van der Waals surface area (Å²) in [6, 6.07) is 6.22. The highest BCUT2D eigenvalue weighted by Crippen LogP contribution is 2.31. The molecule has 0 saturated heterocycles. The maximum Gasteiger partial charge on any atom is 0.198 e. The molecule has 28 heavy (non-hydrogen) atoms. The molecule has 158 valence electrons. The van der Waals surface area contributed by atoms with Crippen LogP contribution in [0.25, 0.3) is 0 Å². The van der Waals surface area contributed by atoms with Gasteiger partial charge in [-0.1, -0.05) is 46.1 Å². The molecule has 1 aromatic rings. The fourth-order valence-electron chi connectivity index (χ4n) is 3.53. The molecule has 0 aromatic heterocycles. The van der Waals surface area contributed by atoms with Gasteiger partial charge in [-0.3, -0.25) is 0 Å². The molecule has 1 aliphatic carbocycles. The second kappa shape index (κ2) is 10.1. The van der Waals surface area contributed by atoms with Gasteiger partial charge < -0.3 is 20.2 Å². The van der Waals surface area contributed by atoms with Gasteiger partial charge in [0.25, 0.3) is 0 Å². The van der Waals surface area contributed by atoms with Crippen molar-refractivity contribution in [2.75, 3.05) is 39.0 Å². The van der Waals surface area contributed by atoms with Crippen LogP contribution < -0.4 is 5.32 Å². The Morgan fingerprint density at radius 1 is 1.14 bits per heavy atom. The third-order valence-electron chi connectivity index (χ3n) is 5.49. The molecule has 0 bridgehead atoms. The van der Waals surface area contributed by atoms with E-state index in [1.54, 1.807) is 6.07 Å². The van der Waals surface area contributed by atoms with Crippen LogP contribution >= 0.6 is 0 Å². The van der Waals surface area contributed by atoms with Crippen molar-refractivity contribution in [1.29, 1.82) is 0 Å². The summed E-state index contributed by atoms with van der Waals surface area (Å²) >= 11 is 0. The van der Waals surface area contributed by atoms with Gasteiger partial charge in [-0.15, -0.1) is 0 Å². The summed E-state index contributed by atoms with van der Waals surface area (Å²) in [6.07, 6.45) is 6.15. The lowest BCUT2D eigenvalue weighted by Gasteiger charge is -2.29. The van der Waals surface area contributed by atoms with E-state index in [9.17, 15) is 5.11 Å². The summed E-state index contributed by atoms with van der Waals surface area (Å²) in [6.45, 7) is 11.5. The van der Waals surface area contributed by atoms with Gasteiger partial charge in [0.05, 0.1) is 11.7 Å². The molecule has 0 spiro atoms. The second-order valence-electron chi connectivity index (χ2n) is 9.23. The number of aromatic hydroxyl groups is 1. The minimum Gasteiger partial charge on any atom is -0.506 e. The molecule has 2 rings (SSSR count). The number of likely N-dealkylation sites (N-methyl/N-ethyl adjacent to an activating group) is 2. The molecule has 1 aromatic carbocycles. The third-order valence-corrected chi connectivity index (χ3v) is 5.49. The van der Waals surface area contributed by atoms with Crippen LogP contribution in [0, 0.1) is 0 Å². The number of hydrogen-bond donors (Lipinski definition) is 2. The van der Waals surface area contributed by atoms with Crippen molar-refractivity contribution in [2.24, 2.45) is 4.99 Å². The van der Waals surface area contributed by atoms with E-state index < -0.39 is 0 Å². The van der Waals surface area contributed by atoms with Gasteiger partial charge in [0.1, 0.15) is 5.75 Å². The normalized spacial score (nSPS) is 16.5. The molecule has 0 heterocycles. The zero-order valence-electron chi connectivity index (χ0n) is 18.8. The van der Waals surface area contributed by atoms with E-state index in [0.29, 0.717) is 6.04 Å². The first-order valence-electron chi connectivity index (χ1n) is 10.8. The van der Waals surface area contributed by atoms with E-state index in [4.69, 9.17) is 4.99 Å². The first-order valence-corrected chi connectivity index (χ1v) is 10.8. The van der Waals surface area contributed by atoms with E-state index in [1.165, 1.54) is 24.8 Å². The number of nitrogens with one attached hydrogen (secondary N) is 1. The average molecular weight is 389 g/mol. The molecule has 2 N–H and O–H groups in total. The molecule has 0 aliphatic heterocycles. The first kappa shape index (κ1) is 22.5. The van der Waals surface area contributed by atoms with Crippen molar-refractivity contribution in [1.82, 2.24) is 9.80 Å². The molecule has 0 atom stereocenters. The van der Waals surface area contributed by atoms with Gasteiger partial charge >= 0.3 is 0 Å². The van der Waals surface area contributed by atoms with Gasteiger partial charge in [0.2, 0.25) is 0 Å². The standard InChI is InChI=1S/C23H40N4O/c1-7-27(16-15-26(5)6)22(24-19-11-9-8-10-12-19)25-20-17-18(23(2,3)4)13-14-21(20)28/h13-14,17,19,28H,7-12,15-16H2,1-6H3,(H,24,25). The molecule has 5 nitrogen and oxygen atoms in total. The highest BCUT2D eigenvalue weighted by Gasteiger charge is 2.20. The van der Waals surface area contributed by atoms with Crippen molar-refractivity contribution in [3.63, 3.8) is 0 Å². The van der Waals surface area contributed by atoms with Gasteiger partial charge in [0, 0.05) is 19.6 Å². The maximum absolute atomic E-state index is 10.5. The summed E-state index contributed by atoms with van der Waals surface area (Å²) in [4.78, 5) is 9.60. The SMILES string of the molecule is CCN(CCN(C)C)C(=NC1CCCCC1)Nc1cc(C(C)(C)C)ccc1O. The van der Waals surface area contributed by atoms with Crippen LogP contribution in [0.3, 0.4) is 0 Å². The van der Waals surface area contributed by atoms with Gasteiger partial charge in [-0.2, -0.15) is 0 Å². The van der Waals surface area contributed by atoms with E-state index >= 15 is 0 Å². The Balaban J connectivity index is 2.31. The second-order valence-corrected chi connectivity index (χ2v) is 9.23. The molecule has 5 heteroatoms. The Morgan fingerprint density at radius 3 is 2.39 bits per heavy atom. The van der Waals surface area contributed by atoms with Crippen LogP contribution in [0.2, 0.25) is 0 Å². The lowest BCUT2D eigenvalue weighted by atomic mass is 9.87. The van der Waals surface area contributed by atoms with E-state index in [2.05, 4.69) is 63.0 Å². The largest absolute Gasteiger partial charge is 0.506 e. The molecule has 1 saturated carbocycles. The Morgan fingerprint density at radius 2 is 1.82 bits per heavy atom. The topological polar surface area (TPSA) is 51.1 Å². The van der Waals surface area contributed by atoms with E-state index in [-0.39, 0.29) is 11.2 Å². The van der Waals surface area contributed by atoms with Crippen molar-refractivity contribution < 1.29 is 5.11 Å². The van der Waals surface area contributed by atoms with E-state index in [0.717, 1.165) is 44.1 Å². The molecular formula is C23H40N4O.